The third-order valence-corrected chi connectivity index (χ3v) is 2.45. The van der Waals surface area contributed by atoms with Gasteiger partial charge in [-0.25, -0.2) is 0 Å². The van der Waals surface area contributed by atoms with Crippen LogP contribution < -0.4 is 4.90 Å². The molecular formula is C11H14N2. The third-order valence-electron chi connectivity index (χ3n) is 2.45. The molecule has 2 rings (SSSR count). The Morgan fingerprint density at radius 3 is 2.85 bits per heavy atom. The predicted molar refractivity (Wildman–Crippen MR) is 57.2 cm³/mol. The Morgan fingerprint density at radius 1 is 1.31 bits per heavy atom. The number of fused-ring (bicyclic) bond motifs is 1. The fraction of sp³-hybridized carbons (Fsp3) is 0.273. The highest BCUT2D eigenvalue weighted by Crippen LogP contribution is 2.24. The van der Waals surface area contributed by atoms with Gasteiger partial charge in [0.15, 0.2) is 0 Å². The van der Waals surface area contributed by atoms with Crippen molar-refractivity contribution in [3.05, 3.63) is 30.5 Å². The van der Waals surface area contributed by atoms with Gasteiger partial charge < -0.3 is 9.88 Å². The first-order valence-electron chi connectivity index (χ1n) is 4.60. The summed E-state index contributed by atoms with van der Waals surface area (Å²) in [5, 5.41) is 1.30. The zero-order chi connectivity index (χ0) is 9.26. The van der Waals surface area contributed by atoms with Gasteiger partial charge in [0.1, 0.15) is 0 Å². The number of aromatic amines is 1. The molecule has 0 atom stereocenters. The fourth-order valence-corrected chi connectivity index (χ4v) is 1.54. The number of H-pyrrole nitrogens is 1. The first kappa shape index (κ1) is 8.17. The van der Waals surface area contributed by atoms with Crippen LogP contribution in [0.1, 0.15) is 6.92 Å². The monoisotopic (exact) mass is 174 g/mol. The maximum Gasteiger partial charge on any atom is 0.0621 e. The number of anilines is 1. The smallest absolute Gasteiger partial charge is 0.0621 e. The molecule has 2 heteroatoms. The maximum atomic E-state index is 3.26. The normalized spacial score (nSPS) is 10.6. The number of hydrogen-bond acceptors (Lipinski definition) is 1. The largest absolute Gasteiger partial charge is 0.373 e. The molecule has 0 fully saturated rings. The van der Waals surface area contributed by atoms with Crippen LogP contribution in [0.15, 0.2) is 30.5 Å². The number of aromatic nitrogens is 1. The van der Waals surface area contributed by atoms with Crippen LogP contribution in [0.2, 0.25) is 0 Å². The van der Waals surface area contributed by atoms with Gasteiger partial charge in [0, 0.05) is 30.7 Å². The number of nitrogens with zero attached hydrogens (tertiary/aromatic N) is 1. The molecule has 68 valence electrons. The minimum Gasteiger partial charge on any atom is -0.373 e. The Hall–Kier alpha value is -1.44. The Labute approximate surface area is 78.2 Å². The van der Waals surface area contributed by atoms with Crippen LogP contribution >= 0.6 is 0 Å². The second-order valence-electron chi connectivity index (χ2n) is 3.23. The molecule has 1 heterocycles. The lowest BCUT2D eigenvalue weighted by Crippen LogP contribution is -2.14. The molecule has 0 bridgehead atoms. The second-order valence-corrected chi connectivity index (χ2v) is 3.23. The molecule has 1 aromatic carbocycles. The molecule has 0 saturated carbocycles. The lowest BCUT2D eigenvalue weighted by molar-refractivity contribution is 0.973. The van der Waals surface area contributed by atoms with E-state index >= 15 is 0 Å². The van der Waals surface area contributed by atoms with Gasteiger partial charge in [0.05, 0.1) is 5.69 Å². The summed E-state index contributed by atoms with van der Waals surface area (Å²) in [5.74, 6) is 0. The average Bonchev–Trinajstić information content (AvgIpc) is 2.60. The molecule has 0 aliphatic heterocycles. The van der Waals surface area contributed by atoms with Crippen molar-refractivity contribution in [1.82, 2.24) is 4.98 Å². The van der Waals surface area contributed by atoms with E-state index in [1.807, 2.05) is 0 Å². The highest BCUT2D eigenvalue weighted by molar-refractivity contribution is 5.92. The molecule has 0 aliphatic rings. The lowest BCUT2D eigenvalue weighted by Gasteiger charge is -2.14. The van der Waals surface area contributed by atoms with Crippen molar-refractivity contribution < 1.29 is 0 Å². The molecule has 2 aromatic rings. The van der Waals surface area contributed by atoms with Gasteiger partial charge in [-0.1, -0.05) is 18.2 Å². The molecule has 0 aliphatic carbocycles. The molecular weight excluding hydrogens is 160 g/mol. The van der Waals surface area contributed by atoms with Crippen molar-refractivity contribution in [2.45, 2.75) is 6.92 Å². The van der Waals surface area contributed by atoms with E-state index in [2.05, 4.69) is 54.3 Å². The molecule has 13 heavy (non-hydrogen) atoms. The molecule has 0 amide bonds. The first-order valence-corrected chi connectivity index (χ1v) is 4.60. The van der Waals surface area contributed by atoms with E-state index in [0.29, 0.717) is 0 Å². The van der Waals surface area contributed by atoms with E-state index in [4.69, 9.17) is 0 Å². The summed E-state index contributed by atoms with van der Waals surface area (Å²) in [4.78, 5) is 5.50. The number of rotatable bonds is 2. The van der Waals surface area contributed by atoms with Crippen molar-refractivity contribution in [2.24, 2.45) is 0 Å². The topological polar surface area (TPSA) is 19.0 Å². The van der Waals surface area contributed by atoms with Crippen LogP contribution in [0.25, 0.3) is 10.9 Å². The average molecular weight is 174 g/mol. The Bertz CT molecular complexity index is 403. The zero-order valence-corrected chi connectivity index (χ0v) is 8.04. The Morgan fingerprint density at radius 2 is 2.08 bits per heavy atom. The van der Waals surface area contributed by atoms with E-state index in [1.54, 1.807) is 0 Å². The van der Waals surface area contributed by atoms with Crippen LogP contribution in [-0.4, -0.2) is 18.6 Å². The molecule has 0 saturated heterocycles. The fourth-order valence-electron chi connectivity index (χ4n) is 1.54. The number of nitrogens with one attached hydrogen (secondary N) is 1. The van der Waals surface area contributed by atoms with Crippen molar-refractivity contribution in [3.63, 3.8) is 0 Å². The first-order chi connectivity index (χ1) is 6.33. The summed E-state index contributed by atoms with van der Waals surface area (Å²) in [6, 6.07) is 8.37. The SMILES string of the molecule is CCN(C)c1c[nH]c2ccccc12. The summed E-state index contributed by atoms with van der Waals surface area (Å²) in [6.45, 7) is 3.18. The van der Waals surface area contributed by atoms with E-state index in [0.717, 1.165) is 6.54 Å². The van der Waals surface area contributed by atoms with Crippen molar-refractivity contribution in [1.29, 1.82) is 0 Å². The Kier molecular flexibility index (Phi) is 1.97. The number of hydrogen-bond donors (Lipinski definition) is 1. The van der Waals surface area contributed by atoms with E-state index in [1.165, 1.54) is 16.6 Å². The molecule has 1 aromatic heterocycles. The van der Waals surface area contributed by atoms with E-state index in [-0.39, 0.29) is 0 Å². The highest BCUT2D eigenvalue weighted by Gasteiger charge is 2.04. The van der Waals surface area contributed by atoms with Crippen LogP contribution in [-0.2, 0) is 0 Å². The number of para-hydroxylation sites is 1. The predicted octanol–water partition coefficient (Wildman–Crippen LogP) is 2.62. The highest BCUT2D eigenvalue weighted by atomic mass is 15.1. The van der Waals surface area contributed by atoms with Gasteiger partial charge in [0.2, 0.25) is 0 Å². The van der Waals surface area contributed by atoms with Gasteiger partial charge in [-0.05, 0) is 13.0 Å². The lowest BCUT2D eigenvalue weighted by atomic mass is 10.2. The quantitative estimate of drug-likeness (QED) is 0.741. The van der Waals surface area contributed by atoms with Crippen molar-refractivity contribution in [2.75, 3.05) is 18.5 Å². The van der Waals surface area contributed by atoms with Crippen LogP contribution in [0.5, 0.6) is 0 Å². The van der Waals surface area contributed by atoms with Gasteiger partial charge in [-0.3, -0.25) is 0 Å². The van der Waals surface area contributed by atoms with E-state index in [9.17, 15) is 0 Å². The van der Waals surface area contributed by atoms with Gasteiger partial charge in [0.25, 0.3) is 0 Å². The minimum atomic E-state index is 1.03. The molecule has 0 radical (unpaired) electrons. The number of benzene rings is 1. The van der Waals surface area contributed by atoms with Gasteiger partial charge in [-0.2, -0.15) is 0 Å². The zero-order valence-electron chi connectivity index (χ0n) is 8.04. The van der Waals surface area contributed by atoms with Crippen LogP contribution in [0.3, 0.4) is 0 Å². The summed E-state index contributed by atoms with van der Waals surface area (Å²) >= 11 is 0. The Balaban J connectivity index is 2.57. The van der Waals surface area contributed by atoms with Gasteiger partial charge >= 0.3 is 0 Å². The van der Waals surface area contributed by atoms with Crippen LogP contribution in [0.4, 0.5) is 5.69 Å². The standard InChI is InChI=1S/C11H14N2/c1-3-13(2)11-8-12-10-7-5-4-6-9(10)11/h4-8,12H,3H2,1-2H3. The minimum absolute atomic E-state index is 1.03. The summed E-state index contributed by atoms with van der Waals surface area (Å²) in [5.41, 5.74) is 2.48. The molecule has 0 spiro atoms. The molecule has 1 N–H and O–H groups in total. The third kappa shape index (κ3) is 1.28. The van der Waals surface area contributed by atoms with Crippen molar-refractivity contribution in [3.8, 4) is 0 Å². The molecule has 2 nitrogen and oxygen atoms in total. The second kappa shape index (κ2) is 3.13. The van der Waals surface area contributed by atoms with Gasteiger partial charge in [-0.15, -0.1) is 0 Å². The maximum absolute atomic E-state index is 3.26. The van der Waals surface area contributed by atoms with Crippen molar-refractivity contribution >= 4 is 16.6 Å². The summed E-state index contributed by atoms with van der Waals surface area (Å²) in [6.07, 6.45) is 2.06. The summed E-state index contributed by atoms with van der Waals surface area (Å²) < 4.78 is 0. The molecule has 0 unspecified atom stereocenters. The summed E-state index contributed by atoms with van der Waals surface area (Å²) in [7, 11) is 2.11. The van der Waals surface area contributed by atoms with Crippen LogP contribution in [0, 0.1) is 0 Å². The van der Waals surface area contributed by atoms with E-state index < -0.39 is 0 Å².